The van der Waals surface area contributed by atoms with Gasteiger partial charge in [0.1, 0.15) is 12.4 Å². The average Bonchev–Trinajstić information content (AvgIpc) is 3.26. The molecular formula is C24H19ClN4O2. The number of amides is 3. The lowest BCUT2D eigenvalue weighted by atomic mass is 10.2. The van der Waals surface area contributed by atoms with Crippen molar-refractivity contribution in [3.63, 3.8) is 0 Å². The molecule has 3 amide bonds. The second kappa shape index (κ2) is 7.89. The number of imide groups is 1. The lowest BCUT2D eigenvalue weighted by Crippen LogP contribution is -2.33. The van der Waals surface area contributed by atoms with Crippen LogP contribution in [0.2, 0.25) is 5.02 Å². The molecule has 0 radical (unpaired) electrons. The molecule has 0 unspecified atom stereocenters. The molecule has 1 aliphatic heterocycles. The van der Waals surface area contributed by atoms with Crippen molar-refractivity contribution < 1.29 is 9.59 Å². The van der Waals surface area contributed by atoms with E-state index in [-0.39, 0.29) is 25.0 Å². The quantitative estimate of drug-likeness (QED) is 0.431. The van der Waals surface area contributed by atoms with Crippen molar-refractivity contribution in [3.05, 3.63) is 95.3 Å². The average molecular weight is 431 g/mol. The molecule has 1 aromatic heterocycles. The van der Waals surface area contributed by atoms with E-state index >= 15 is 0 Å². The molecule has 0 saturated carbocycles. The summed E-state index contributed by atoms with van der Waals surface area (Å²) in [6.45, 7) is 0.695. The van der Waals surface area contributed by atoms with Crippen LogP contribution in [-0.2, 0) is 17.9 Å². The van der Waals surface area contributed by atoms with Crippen LogP contribution in [0.4, 0.5) is 10.5 Å². The van der Waals surface area contributed by atoms with E-state index < -0.39 is 0 Å². The minimum atomic E-state index is -0.340. The third-order valence-corrected chi connectivity index (χ3v) is 5.63. The minimum absolute atomic E-state index is 0.0214. The zero-order chi connectivity index (χ0) is 21.4. The van der Waals surface area contributed by atoms with Gasteiger partial charge in [0.15, 0.2) is 0 Å². The molecule has 1 aliphatic rings. The molecule has 0 bridgehead atoms. The Balaban J connectivity index is 1.50. The molecule has 0 atom stereocenters. The highest BCUT2D eigenvalue weighted by Gasteiger charge is 2.37. The van der Waals surface area contributed by atoms with Gasteiger partial charge in [-0.1, -0.05) is 60.1 Å². The number of imidazole rings is 1. The standard InChI is InChI=1S/C24H19ClN4O2/c25-18-11-12-21-20(13-18)26-22(28(21)14-17-7-3-1-4-8-17)15-29-23(30)16-27(24(29)31)19-9-5-2-6-10-19/h1-13H,14-16H2. The maximum atomic E-state index is 13.0. The van der Waals surface area contributed by atoms with Gasteiger partial charge in [0.25, 0.3) is 5.91 Å². The second-order valence-electron chi connectivity index (χ2n) is 7.42. The van der Waals surface area contributed by atoms with E-state index in [9.17, 15) is 9.59 Å². The normalized spacial score (nSPS) is 14.1. The van der Waals surface area contributed by atoms with Crippen LogP contribution in [0, 0.1) is 0 Å². The maximum Gasteiger partial charge on any atom is 0.332 e. The van der Waals surface area contributed by atoms with Crippen LogP contribution in [0.5, 0.6) is 0 Å². The van der Waals surface area contributed by atoms with Gasteiger partial charge >= 0.3 is 6.03 Å². The second-order valence-corrected chi connectivity index (χ2v) is 7.85. The van der Waals surface area contributed by atoms with Crippen molar-refractivity contribution in [1.82, 2.24) is 14.5 Å². The molecule has 2 heterocycles. The van der Waals surface area contributed by atoms with Crippen molar-refractivity contribution in [3.8, 4) is 0 Å². The summed E-state index contributed by atoms with van der Waals surface area (Å²) in [4.78, 5) is 33.2. The molecule has 1 saturated heterocycles. The van der Waals surface area contributed by atoms with Gasteiger partial charge < -0.3 is 4.57 Å². The molecule has 6 nitrogen and oxygen atoms in total. The van der Waals surface area contributed by atoms with Gasteiger partial charge in [0.2, 0.25) is 0 Å². The predicted molar refractivity (Wildman–Crippen MR) is 120 cm³/mol. The Morgan fingerprint density at radius 1 is 0.871 bits per heavy atom. The number of nitrogens with zero attached hydrogens (tertiary/aromatic N) is 4. The number of fused-ring (bicyclic) bond motifs is 1. The highest BCUT2D eigenvalue weighted by molar-refractivity contribution is 6.31. The largest absolute Gasteiger partial charge is 0.332 e. The number of carbonyl (C=O) groups is 2. The molecule has 0 N–H and O–H groups in total. The Morgan fingerprint density at radius 3 is 2.32 bits per heavy atom. The van der Waals surface area contributed by atoms with E-state index in [0.29, 0.717) is 23.1 Å². The van der Waals surface area contributed by atoms with Gasteiger partial charge in [-0.25, -0.2) is 9.78 Å². The lowest BCUT2D eigenvalue weighted by Gasteiger charge is -2.18. The monoisotopic (exact) mass is 430 g/mol. The number of aromatic nitrogens is 2. The number of carbonyl (C=O) groups excluding carboxylic acids is 2. The van der Waals surface area contributed by atoms with Crippen LogP contribution >= 0.6 is 11.6 Å². The summed E-state index contributed by atoms with van der Waals surface area (Å²) in [7, 11) is 0. The van der Waals surface area contributed by atoms with Crippen LogP contribution in [0.1, 0.15) is 11.4 Å². The zero-order valence-corrected chi connectivity index (χ0v) is 17.4. The molecule has 31 heavy (non-hydrogen) atoms. The highest BCUT2D eigenvalue weighted by atomic mass is 35.5. The fourth-order valence-corrected chi connectivity index (χ4v) is 4.03. The third-order valence-electron chi connectivity index (χ3n) is 5.40. The smallest absolute Gasteiger partial charge is 0.322 e. The van der Waals surface area contributed by atoms with Crippen LogP contribution in [0.25, 0.3) is 11.0 Å². The molecule has 0 aliphatic carbocycles. The number of urea groups is 1. The first-order valence-electron chi connectivity index (χ1n) is 9.95. The number of hydrogen-bond acceptors (Lipinski definition) is 3. The molecular weight excluding hydrogens is 412 g/mol. The van der Waals surface area contributed by atoms with Gasteiger partial charge in [-0.05, 0) is 35.9 Å². The number of benzene rings is 3. The Labute approximate surface area is 184 Å². The number of rotatable bonds is 5. The number of halogens is 1. The van der Waals surface area contributed by atoms with Gasteiger partial charge in [-0.2, -0.15) is 0 Å². The first kappa shape index (κ1) is 19.3. The van der Waals surface area contributed by atoms with Crippen LogP contribution < -0.4 is 4.90 Å². The fraction of sp³-hybridized carbons (Fsp3) is 0.125. The summed E-state index contributed by atoms with van der Waals surface area (Å²) in [5.41, 5.74) is 3.44. The van der Waals surface area contributed by atoms with Crippen LogP contribution in [-0.4, -0.2) is 32.9 Å². The predicted octanol–water partition coefficient (Wildman–Crippen LogP) is 4.71. The molecule has 0 spiro atoms. The van der Waals surface area contributed by atoms with Gasteiger partial charge in [-0.3, -0.25) is 14.6 Å². The molecule has 4 aromatic rings. The third kappa shape index (κ3) is 3.66. The molecule has 3 aromatic carbocycles. The van der Waals surface area contributed by atoms with Crippen LogP contribution in [0.3, 0.4) is 0 Å². The van der Waals surface area contributed by atoms with E-state index in [2.05, 4.69) is 0 Å². The van der Waals surface area contributed by atoms with Crippen molar-refractivity contribution in [1.29, 1.82) is 0 Å². The molecule has 1 fully saturated rings. The van der Waals surface area contributed by atoms with Crippen molar-refractivity contribution in [2.24, 2.45) is 0 Å². The van der Waals surface area contributed by atoms with Gasteiger partial charge in [-0.15, -0.1) is 0 Å². The van der Waals surface area contributed by atoms with E-state index in [1.165, 1.54) is 9.80 Å². The van der Waals surface area contributed by atoms with Gasteiger partial charge in [0.05, 0.1) is 17.6 Å². The van der Waals surface area contributed by atoms with Crippen molar-refractivity contribution >= 4 is 40.3 Å². The number of hydrogen-bond donors (Lipinski definition) is 0. The van der Waals surface area contributed by atoms with E-state index in [0.717, 1.165) is 16.6 Å². The van der Waals surface area contributed by atoms with Crippen LogP contribution in [0.15, 0.2) is 78.9 Å². The summed E-state index contributed by atoms with van der Waals surface area (Å²) in [5.74, 6) is 0.392. The molecule has 5 rings (SSSR count). The lowest BCUT2D eigenvalue weighted by molar-refractivity contribution is -0.125. The summed E-state index contributed by atoms with van der Waals surface area (Å²) >= 11 is 6.17. The topological polar surface area (TPSA) is 58.4 Å². The highest BCUT2D eigenvalue weighted by Crippen LogP contribution is 2.26. The van der Waals surface area contributed by atoms with E-state index in [1.807, 2.05) is 77.4 Å². The Kier molecular flexibility index (Phi) is 4.92. The van der Waals surface area contributed by atoms with E-state index in [1.54, 1.807) is 6.07 Å². The summed E-state index contributed by atoms with van der Waals surface area (Å²) in [6.07, 6.45) is 0. The maximum absolute atomic E-state index is 13.0. The SMILES string of the molecule is O=C1CN(c2ccccc2)C(=O)N1Cc1nc2cc(Cl)ccc2n1Cc1ccccc1. The zero-order valence-electron chi connectivity index (χ0n) is 16.6. The summed E-state index contributed by atoms with van der Waals surface area (Å²) < 4.78 is 2.03. The minimum Gasteiger partial charge on any atom is -0.322 e. The Hall–Kier alpha value is -3.64. The van der Waals surface area contributed by atoms with Crippen molar-refractivity contribution in [2.45, 2.75) is 13.1 Å². The Bertz CT molecular complexity index is 1270. The number of anilines is 1. The Morgan fingerprint density at radius 2 is 1.58 bits per heavy atom. The molecule has 154 valence electrons. The number of para-hydroxylation sites is 1. The van der Waals surface area contributed by atoms with Crippen molar-refractivity contribution in [2.75, 3.05) is 11.4 Å². The molecule has 7 heteroatoms. The van der Waals surface area contributed by atoms with Gasteiger partial charge in [0, 0.05) is 17.3 Å². The fourth-order valence-electron chi connectivity index (χ4n) is 3.86. The first-order chi connectivity index (χ1) is 15.1. The first-order valence-corrected chi connectivity index (χ1v) is 10.3. The summed E-state index contributed by atoms with van der Waals surface area (Å²) in [5, 5.41) is 0.590. The van der Waals surface area contributed by atoms with E-state index in [4.69, 9.17) is 16.6 Å². The summed E-state index contributed by atoms with van der Waals surface area (Å²) in [6, 6.07) is 24.4.